The van der Waals surface area contributed by atoms with E-state index in [-0.39, 0.29) is 0 Å². The summed E-state index contributed by atoms with van der Waals surface area (Å²) in [6.07, 6.45) is 2.56. The van der Waals surface area contributed by atoms with Crippen molar-refractivity contribution in [3.8, 4) is 0 Å². The first-order valence-corrected chi connectivity index (χ1v) is 5.96. The Morgan fingerprint density at radius 1 is 1.38 bits per heavy atom. The molecule has 0 N–H and O–H groups in total. The molecule has 0 aliphatic carbocycles. The van der Waals surface area contributed by atoms with Gasteiger partial charge in [0.05, 0.1) is 13.2 Å². The first-order valence-electron chi connectivity index (χ1n) is 4.80. The highest BCUT2D eigenvalue weighted by molar-refractivity contribution is 7.10. The van der Waals surface area contributed by atoms with Gasteiger partial charge >= 0.3 is 0 Å². The van der Waals surface area contributed by atoms with Crippen LogP contribution in [0.15, 0.2) is 24.4 Å². The molecule has 4 nitrogen and oxygen atoms in total. The Kier molecular flexibility index (Phi) is 4.21. The summed E-state index contributed by atoms with van der Waals surface area (Å²) in [7, 11) is 0. The Morgan fingerprint density at radius 2 is 2.31 bits per heavy atom. The first-order chi connectivity index (χ1) is 7.86. The van der Waals surface area contributed by atoms with Gasteiger partial charge in [0, 0.05) is 29.8 Å². The Hall–Kier alpha value is -1.04. The van der Waals surface area contributed by atoms with Gasteiger partial charge in [-0.3, -0.25) is 4.98 Å². The van der Waals surface area contributed by atoms with Gasteiger partial charge in [-0.1, -0.05) is 22.2 Å². The molecule has 6 heteroatoms. The minimum absolute atomic E-state index is 0.405. The van der Waals surface area contributed by atoms with E-state index in [1.54, 1.807) is 6.20 Å². The van der Waals surface area contributed by atoms with Crippen molar-refractivity contribution in [3.05, 3.63) is 40.1 Å². The summed E-state index contributed by atoms with van der Waals surface area (Å²) >= 11 is 7.01. The summed E-state index contributed by atoms with van der Waals surface area (Å²) in [5.41, 5.74) is 1.72. The van der Waals surface area contributed by atoms with Crippen LogP contribution in [0.25, 0.3) is 0 Å². The van der Waals surface area contributed by atoms with Crippen LogP contribution in [-0.2, 0) is 17.8 Å². The molecule has 16 heavy (non-hydrogen) atoms. The molecular weight excluding hydrogens is 246 g/mol. The third-order valence-electron chi connectivity index (χ3n) is 1.98. The van der Waals surface area contributed by atoms with Crippen LogP contribution >= 0.6 is 23.1 Å². The fraction of sp³-hybridized carbons (Fsp3) is 0.300. The first kappa shape index (κ1) is 11.4. The number of aromatic nitrogens is 3. The Labute approximate surface area is 102 Å². The van der Waals surface area contributed by atoms with Gasteiger partial charge in [-0.25, -0.2) is 0 Å². The molecule has 2 aromatic rings. The summed E-state index contributed by atoms with van der Waals surface area (Å²) in [5, 5.41) is 3.86. The Bertz CT molecular complexity index is 435. The van der Waals surface area contributed by atoms with Crippen molar-refractivity contribution >= 4 is 23.1 Å². The van der Waals surface area contributed by atoms with Crippen molar-refractivity contribution in [2.75, 3.05) is 6.61 Å². The summed E-state index contributed by atoms with van der Waals surface area (Å²) in [4.78, 5) is 4.20. The lowest BCUT2D eigenvalue weighted by molar-refractivity contribution is 0.120. The lowest BCUT2D eigenvalue weighted by atomic mass is 10.3. The molecule has 0 spiro atoms. The van der Waals surface area contributed by atoms with E-state index in [9.17, 15) is 0 Å². The van der Waals surface area contributed by atoms with Crippen molar-refractivity contribution in [2.24, 2.45) is 0 Å². The highest BCUT2D eigenvalue weighted by Crippen LogP contribution is 2.17. The molecule has 0 amide bonds. The third kappa shape index (κ3) is 3.23. The molecule has 0 aliphatic heterocycles. The Balaban J connectivity index is 1.72. The average Bonchev–Trinajstić information content (AvgIpc) is 2.72. The number of rotatable bonds is 5. The predicted octanol–water partition coefficient (Wildman–Crippen LogP) is 2.35. The number of pyridine rings is 1. The normalized spacial score (nSPS) is 10.6. The highest BCUT2D eigenvalue weighted by Gasteiger charge is 2.04. The molecular formula is C10H10ClN3OS. The molecule has 0 radical (unpaired) electrons. The third-order valence-corrected chi connectivity index (χ3v) is 2.96. The van der Waals surface area contributed by atoms with E-state index in [1.165, 1.54) is 11.5 Å². The predicted molar refractivity (Wildman–Crippen MR) is 62.5 cm³/mol. The minimum Gasteiger partial charge on any atom is -0.375 e. The van der Waals surface area contributed by atoms with Crippen LogP contribution in [0.2, 0.25) is 4.34 Å². The minimum atomic E-state index is 0.405. The second-order valence-electron chi connectivity index (χ2n) is 3.12. The Morgan fingerprint density at radius 3 is 3.00 bits per heavy atom. The van der Waals surface area contributed by atoms with Crippen molar-refractivity contribution in [1.29, 1.82) is 0 Å². The van der Waals surface area contributed by atoms with Crippen LogP contribution < -0.4 is 0 Å². The summed E-state index contributed by atoms with van der Waals surface area (Å²) < 4.78 is 9.76. The van der Waals surface area contributed by atoms with Crippen molar-refractivity contribution in [2.45, 2.75) is 13.0 Å². The quantitative estimate of drug-likeness (QED) is 0.770. The van der Waals surface area contributed by atoms with E-state index in [0.29, 0.717) is 23.2 Å². The molecule has 84 valence electrons. The van der Waals surface area contributed by atoms with E-state index < -0.39 is 0 Å². The number of halogens is 1. The molecule has 2 heterocycles. The van der Waals surface area contributed by atoms with Crippen LogP contribution in [-0.4, -0.2) is 21.2 Å². The van der Waals surface area contributed by atoms with Crippen LogP contribution in [0.3, 0.4) is 0 Å². The topological polar surface area (TPSA) is 47.9 Å². The van der Waals surface area contributed by atoms with Gasteiger partial charge in [0.15, 0.2) is 0 Å². The van der Waals surface area contributed by atoms with Gasteiger partial charge < -0.3 is 4.74 Å². The van der Waals surface area contributed by atoms with E-state index >= 15 is 0 Å². The number of hydrogen-bond acceptors (Lipinski definition) is 5. The second-order valence-corrected chi connectivity index (χ2v) is 4.47. The summed E-state index contributed by atoms with van der Waals surface area (Å²) in [5.74, 6) is 0. The highest BCUT2D eigenvalue weighted by atomic mass is 35.5. The molecule has 0 saturated heterocycles. The molecule has 0 aromatic carbocycles. The average molecular weight is 256 g/mol. The number of hydrogen-bond donors (Lipinski definition) is 0. The molecule has 0 unspecified atom stereocenters. The molecule has 0 bridgehead atoms. The number of ether oxygens (including phenoxy) is 1. The maximum absolute atomic E-state index is 5.84. The monoisotopic (exact) mass is 255 g/mol. The summed E-state index contributed by atoms with van der Waals surface area (Å²) in [6.45, 7) is 1.01. The van der Waals surface area contributed by atoms with E-state index in [0.717, 1.165) is 12.1 Å². The van der Waals surface area contributed by atoms with Gasteiger partial charge in [0.25, 0.3) is 0 Å². The second kappa shape index (κ2) is 5.89. The molecule has 2 rings (SSSR count). The standard InChI is InChI=1S/C10H10ClN3OS/c11-10-9(13-14-16-10)7-15-6-4-8-3-1-2-5-12-8/h1-3,5H,4,6-7H2. The lowest BCUT2D eigenvalue weighted by Crippen LogP contribution is -2.01. The van der Waals surface area contributed by atoms with Gasteiger partial charge in [-0.2, -0.15) is 0 Å². The van der Waals surface area contributed by atoms with Crippen LogP contribution in [0, 0.1) is 0 Å². The van der Waals surface area contributed by atoms with Crippen molar-refractivity contribution < 1.29 is 4.74 Å². The smallest absolute Gasteiger partial charge is 0.139 e. The van der Waals surface area contributed by atoms with Gasteiger partial charge in [-0.15, -0.1) is 5.10 Å². The maximum atomic E-state index is 5.84. The fourth-order valence-corrected chi connectivity index (χ4v) is 1.78. The molecule has 0 fully saturated rings. The lowest BCUT2D eigenvalue weighted by Gasteiger charge is -2.01. The van der Waals surface area contributed by atoms with Crippen LogP contribution in [0.4, 0.5) is 0 Å². The van der Waals surface area contributed by atoms with Gasteiger partial charge in [0.2, 0.25) is 0 Å². The zero-order valence-electron chi connectivity index (χ0n) is 8.47. The van der Waals surface area contributed by atoms with Crippen LogP contribution in [0.5, 0.6) is 0 Å². The van der Waals surface area contributed by atoms with E-state index in [4.69, 9.17) is 16.3 Å². The van der Waals surface area contributed by atoms with E-state index in [1.807, 2.05) is 18.2 Å². The van der Waals surface area contributed by atoms with E-state index in [2.05, 4.69) is 14.6 Å². The fourth-order valence-electron chi connectivity index (χ4n) is 1.17. The zero-order chi connectivity index (χ0) is 11.2. The zero-order valence-corrected chi connectivity index (χ0v) is 10.0. The molecule has 2 aromatic heterocycles. The molecule has 0 aliphatic rings. The molecule has 0 atom stereocenters. The van der Waals surface area contributed by atoms with Crippen LogP contribution in [0.1, 0.15) is 11.4 Å². The van der Waals surface area contributed by atoms with Gasteiger partial charge in [0.1, 0.15) is 10.0 Å². The summed E-state index contributed by atoms with van der Waals surface area (Å²) in [6, 6.07) is 5.83. The SMILES string of the molecule is Clc1snnc1COCCc1ccccn1. The largest absolute Gasteiger partial charge is 0.375 e. The van der Waals surface area contributed by atoms with Gasteiger partial charge in [-0.05, 0) is 12.1 Å². The van der Waals surface area contributed by atoms with Crippen molar-refractivity contribution in [3.63, 3.8) is 0 Å². The maximum Gasteiger partial charge on any atom is 0.139 e. The molecule has 0 saturated carbocycles. The number of nitrogens with zero attached hydrogens (tertiary/aromatic N) is 3. The van der Waals surface area contributed by atoms with Crippen molar-refractivity contribution in [1.82, 2.24) is 14.6 Å².